The van der Waals surface area contributed by atoms with Crippen LogP contribution in [0.4, 0.5) is 8.78 Å². The van der Waals surface area contributed by atoms with E-state index in [1.807, 2.05) is 13.8 Å². The molecule has 60 heavy (non-hydrogen) atoms. The van der Waals surface area contributed by atoms with Crippen LogP contribution in [-0.4, -0.2) is 78.7 Å². The van der Waals surface area contributed by atoms with Crippen LogP contribution in [0.2, 0.25) is 51.4 Å². The Morgan fingerprint density at radius 3 is 1.87 bits per heavy atom. The zero-order valence-electron chi connectivity index (χ0n) is 37.1. The van der Waals surface area contributed by atoms with E-state index in [1.165, 1.54) is 60.5 Å². The monoisotopic (exact) mass is 857 g/mol. The summed E-state index contributed by atoms with van der Waals surface area (Å²) < 4.78 is 52.2. The third-order valence-electron chi connectivity index (χ3n) is 8.89. The minimum atomic E-state index is -1.17. The van der Waals surface area contributed by atoms with Gasteiger partial charge in [0.1, 0.15) is 38.5 Å². The van der Waals surface area contributed by atoms with Crippen molar-refractivity contribution in [1.29, 1.82) is 0 Å². The first-order valence-electron chi connectivity index (χ1n) is 19.7. The largest absolute Gasteiger partial charge is 1.00 e. The van der Waals surface area contributed by atoms with Crippen molar-refractivity contribution in [1.82, 2.24) is 29.5 Å². The van der Waals surface area contributed by atoms with E-state index in [-0.39, 0.29) is 45.2 Å². The van der Waals surface area contributed by atoms with E-state index >= 15 is 0 Å². The van der Waals surface area contributed by atoms with E-state index in [0.29, 0.717) is 47.5 Å². The van der Waals surface area contributed by atoms with Gasteiger partial charge in [0.25, 0.3) is 0 Å². The van der Waals surface area contributed by atoms with Gasteiger partial charge in [0.2, 0.25) is 0 Å². The van der Waals surface area contributed by atoms with Crippen LogP contribution in [0.15, 0.2) is 64.6 Å². The van der Waals surface area contributed by atoms with Crippen LogP contribution >= 0.6 is 0 Å². The third kappa shape index (κ3) is 16.6. The number of hydrogen-bond acceptors (Lipinski definition) is 10. The Morgan fingerprint density at radius 1 is 0.833 bits per heavy atom. The first-order valence-corrected chi connectivity index (χ1v) is 27.1. The molecule has 0 saturated heterocycles. The van der Waals surface area contributed by atoms with Crippen molar-refractivity contribution in [2.45, 2.75) is 117 Å². The minimum absolute atomic E-state index is 0. The summed E-state index contributed by atoms with van der Waals surface area (Å²) in [6, 6.07) is 7.83. The summed E-state index contributed by atoms with van der Waals surface area (Å²) in [5.41, 5.74) is 3.06. The van der Waals surface area contributed by atoms with Gasteiger partial charge in [-0.05, 0) is 59.8 Å². The molecule has 0 fully saturated rings. The molecule has 1 N–H and O–H groups in total. The Labute approximate surface area is 369 Å². The van der Waals surface area contributed by atoms with E-state index in [0.717, 1.165) is 42.9 Å². The maximum atomic E-state index is 14.1. The maximum Gasteiger partial charge on any atom is 1.00 e. The van der Waals surface area contributed by atoms with E-state index in [4.69, 9.17) is 18.3 Å². The molecule has 321 valence electrons. The number of aromatic nitrogens is 6. The van der Waals surface area contributed by atoms with Crippen LogP contribution in [-0.2, 0) is 35.8 Å². The molecular weight excluding hydrogens is 796 g/mol. The fourth-order valence-corrected chi connectivity index (χ4v) is 6.86. The van der Waals surface area contributed by atoms with Gasteiger partial charge in [-0.1, -0.05) is 72.5 Å². The van der Waals surface area contributed by atoms with Gasteiger partial charge in [0.05, 0.1) is 12.5 Å². The number of rotatable bonds is 16. The number of furan rings is 2. The van der Waals surface area contributed by atoms with Gasteiger partial charge >= 0.3 is 18.9 Å². The van der Waals surface area contributed by atoms with Crippen molar-refractivity contribution < 1.29 is 55.9 Å². The minimum Gasteiger partial charge on any atom is -0.461 e. The molecule has 0 aliphatic carbocycles. The van der Waals surface area contributed by atoms with Crippen LogP contribution in [0.25, 0.3) is 21.9 Å². The molecule has 0 aliphatic rings. The quantitative estimate of drug-likeness (QED) is 0.0473. The third-order valence-corrected chi connectivity index (χ3v) is 12.3. The van der Waals surface area contributed by atoms with E-state index in [9.17, 15) is 18.7 Å². The van der Waals surface area contributed by atoms with Crippen molar-refractivity contribution in [2.75, 3.05) is 13.2 Å². The molecular formula is C42H61BF2LiN6O6Si2. The molecule has 0 spiro atoms. The molecule has 3 radical (unpaired) electrons. The van der Waals surface area contributed by atoms with E-state index in [1.54, 1.807) is 17.1 Å². The normalized spacial score (nSPS) is 11.6. The molecule has 4 aromatic heterocycles. The molecule has 12 nitrogen and oxygen atoms in total. The van der Waals surface area contributed by atoms with Gasteiger partial charge in [-0.3, -0.25) is 4.79 Å². The Bertz CT molecular complexity index is 2120. The molecule has 18 heteroatoms. The van der Waals surface area contributed by atoms with Gasteiger partial charge in [-0.2, -0.15) is 16.6 Å². The summed E-state index contributed by atoms with van der Waals surface area (Å²) in [7, 11) is -2.12. The first-order chi connectivity index (χ1) is 27.6. The standard InChI is InChI=1S/C19H26FN3O3Si.C11H9FO2.C8H17N3OSi.C4H9.B.Li/c1-5-13-10-26-18-15(20)7-6-14(16(13)18)17(24)19-21-11-22-23(19)12-25-8-9-27(2,3)4;1-2-7-6-14-11-9(12)4-3-8(5-13)10(7)11;1-13(2,3)5-4-12-8-11-7-9-6-10-11;1-3-4-2;;/h6-7,10-11,17,24H,5,8-9,12H2,1-4H3;3-6H,2H2,1H3;6-7H,4-5,8H2,1-3H3;1,3-4H2,2H3;;/q;;;-1;;+1. The zero-order valence-corrected chi connectivity index (χ0v) is 39.1. The number of halogens is 2. The number of unbranched alkanes of at least 4 members (excludes halogenated alkanes) is 1. The summed E-state index contributed by atoms with van der Waals surface area (Å²) >= 11 is 0. The van der Waals surface area contributed by atoms with Crippen LogP contribution in [0.3, 0.4) is 0 Å². The van der Waals surface area contributed by atoms with E-state index in [2.05, 4.69) is 73.3 Å². The second-order valence-corrected chi connectivity index (χ2v) is 27.3. The predicted octanol–water partition coefficient (Wildman–Crippen LogP) is 6.90. The number of benzene rings is 2. The molecule has 2 aromatic carbocycles. The second kappa shape index (κ2) is 26.6. The van der Waals surface area contributed by atoms with Gasteiger partial charge < -0.3 is 30.3 Å². The molecule has 1 atom stereocenters. The zero-order chi connectivity index (χ0) is 42.9. The number of nitrogens with zero attached hydrogens (tertiary/aromatic N) is 6. The van der Waals surface area contributed by atoms with Gasteiger partial charge in [-0.25, -0.2) is 28.1 Å². The van der Waals surface area contributed by atoms with Gasteiger partial charge in [0, 0.05) is 54.1 Å². The summed E-state index contributed by atoms with van der Waals surface area (Å²) in [4.78, 5) is 18.8. The Morgan fingerprint density at radius 2 is 1.37 bits per heavy atom. The van der Waals surface area contributed by atoms with Crippen molar-refractivity contribution in [3.05, 3.63) is 102 Å². The maximum absolute atomic E-state index is 14.1. The topological polar surface area (TPSA) is 143 Å². The molecule has 4 heterocycles. The number of aliphatic hydroxyl groups excluding tert-OH is 1. The summed E-state index contributed by atoms with van der Waals surface area (Å²) in [6.45, 7) is 25.7. The summed E-state index contributed by atoms with van der Waals surface area (Å²) in [5.74, 6) is -0.513. The Balaban J connectivity index is 0.000000461. The van der Waals surface area contributed by atoms with Gasteiger partial charge in [-0.15, -0.1) is 0 Å². The number of hydrogen-bond donors (Lipinski definition) is 1. The molecule has 6 rings (SSSR count). The summed E-state index contributed by atoms with van der Waals surface area (Å²) in [5, 5.41) is 20.2. The first kappa shape index (κ1) is 54.3. The fraction of sp³-hybridized carbons (Fsp3) is 0.476. The number of ether oxygens (including phenoxy) is 2. The van der Waals surface area contributed by atoms with Gasteiger partial charge in [0.15, 0.2) is 34.9 Å². The number of aldehydes is 1. The average Bonchev–Trinajstić information content (AvgIpc) is 4.03. The molecule has 1 unspecified atom stereocenters. The number of aliphatic hydroxyl groups is 1. The van der Waals surface area contributed by atoms with Crippen molar-refractivity contribution >= 4 is 52.8 Å². The van der Waals surface area contributed by atoms with Crippen LogP contribution in [0.1, 0.15) is 72.6 Å². The number of carbonyl (C=O) groups is 1. The predicted molar refractivity (Wildman–Crippen MR) is 235 cm³/mol. The molecule has 0 amide bonds. The molecule has 6 aromatic rings. The smallest absolute Gasteiger partial charge is 0.461 e. The summed E-state index contributed by atoms with van der Waals surface area (Å²) in [6.07, 6.45) is 10.9. The molecule has 0 saturated carbocycles. The Hall–Kier alpha value is -3.69. The van der Waals surface area contributed by atoms with E-state index < -0.39 is 33.9 Å². The molecule has 0 aliphatic heterocycles. The average molecular weight is 858 g/mol. The number of aryl methyl sites for hydroxylation is 2. The van der Waals surface area contributed by atoms with Crippen LogP contribution in [0, 0.1) is 18.6 Å². The number of fused-ring (bicyclic) bond motifs is 2. The van der Waals surface area contributed by atoms with Crippen LogP contribution < -0.4 is 18.9 Å². The van der Waals surface area contributed by atoms with Crippen molar-refractivity contribution in [3.63, 3.8) is 0 Å². The van der Waals surface area contributed by atoms with Crippen molar-refractivity contribution in [3.8, 4) is 0 Å². The SMILES string of the molecule is CCc1coc2c(F)ccc(C(O)c3ncnn3COCC[Si](C)(C)C)c12.CCc1coc2c(F)ccc(C=O)c12.C[Si](C)(C)CCOCn1cncn1.[B].[CH2-]CCC.[Li+]. The van der Waals surface area contributed by atoms with Crippen LogP contribution in [0.5, 0.6) is 0 Å². The van der Waals surface area contributed by atoms with Crippen molar-refractivity contribution in [2.24, 2.45) is 0 Å². The second-order valence-electron chi connectivity index (χ2n) is 16.0. The Kier molecular flexibility index (Phi) is 24.1. The molecule has 0 bridgehead atoms. The fourth-order valence-electron chi connectivity index (χ4n) is 5.35. The number of carbonyl (C=O) groups excluding carboxylic acids is 1.